The number of hydrogen-bond acceptors (Lipinski definition) is 3. The third kappa shape index (κ3) is 4.08. The molecule has 22 heavy (non-hydrogen) atoms. The van der Waals surface area contributed by atoms with Gasteiger partial charge in [-0.25, -0.2) is 0 Å². The summed E-state index contributed by atoms with van der Waals surface area (Å²) in [5, 5.41) is 3.97. The van der Waals surface area contributed by atoms with Crippen LogP contribution < -0.4 is 5.32 Å². The Balaban J connectivity index is 1.44. The van der Waals surface area contributed by atoms with Gasteiger partial charge in [-0.1, -0.05) is 20.8 Å². The zero-order valence-electron chi connectivity index (χ0n) is 14.4. The lowest BCUT2D eigenvalue weighted by Crippen LogP contribution is -2.46. The molecule has 0 aromatic carbocycles. The van der Waals surface area contributed by atoms with Crippen LogP contribution in [0.2, 0.25) is 0 Å². The van der Waals surface area contributed by atoms with Crippen LogP contribution in [-0.4, -0.2) is 35.1 Å². The Kier molecular flexibility index (Phi) is 4.84. The van der Waals surface area contributed by atoms with E-state index in [9.17, 15) is 0 Å². The average molecular weight is 301 g/mol. The maximum atomic E-state index is 4.10. The highest BCUT2D eigenvalue weighted by atomic mass is 15.1. The number of hydrogen-bond donors (Lipinski definition) is 1. The van der Waals surface area contributed by atoms with Crippen LogP contribution in [-0.2, 0) is 6.54 Å². The maximum Gasteiger partial charge on any atom is 0.0271 e. The minimum Gasteiger partial charge on any atom is -0.311 e. The van der Waals surface area contributed by atoms with E-state index in [1.54, 1.807) is 0 Å². The van der Waals surface area contributed by atoms with E-state index in [-0.39, 0.29) is 0 Å². The van der Waals surface area contributed by atoms with E-state index in [1.807, 2.05) is 12.4 Å². The lowest BCUT2D eigenvalue weighted by Gasteiger charge is -2.35. The van der Waals surface area contributed by atoms with Gasteiger partial charge in [0.15, 0.2) is 0 Å². The minimum atomic E-state index is 0.527. The molecule has 0 amide bonds. The second-order valence-corrected chi connectivity index (χ2v) is 8.23. The second-order valence-electron chi connectivity index (χ2n) is 8.23. The molecular weight excluding hydrogens is 270 g/mol. The number of piperidine rings is 1. The van der Waals surface area contributed by atoms with Gasteiger partial charge in [0.2, 0.25) is 0 Å². The Morgan fingerprint density at radius 1 is 1.18 bits per heavy atom. The molecule has 2 aliphatic rings. The highest BCUT2D eigenvalue weighted by Gasteiger charge is 2.37. The van der Waals surface area contributed by atoms with Gasteiger partial charge in [-0.2, -0.15) is 0 Å². The normalized spacial score (nSPS) is 29.8. The van der Waals surface area contributed by atoms with Crippen molar-refractivity contribution in [2.45, 2.75) is 65.1 Å². The van der Waals surface area contributed by atoms with Crippen molar-refractivity contribution in [1.82, 2.24) is 15.2 Å². The Morgan fingerprint density at radius 3 is 2.45 bits per heavy atom. The average Bonchev–Trinajstić information content (AvgIpc) is 2.74. The standard InChI is InChI=1S/C19H31N3/c1-15-12-19(2,3)13-18(15)21-17-6-10-22(11-7-17)14-16-4-8-20-9-5-16/h4-5,8-9,15,17-18,21H,6-7,10-14H2,1-3H3. The third-order valence-corrected chi connectivity index (χ3v) is 5.53. The summed E-state index contributed by atoms with van der Waals surface area (Å²) in [4.78, 5) is 6.68. The van der Waals surface area contributed by atoms with Gasteiger partial charge in [0.05, 0.1) is 0 Å². The van der Waals surface area contributed by atoms with Crippen molar-refractivity contribution in [3.05, 3.63) is 30.1 Å². The van der Waals surface area contributed by atoms with Gasteiger partial charge in [-0.05, 0) is 67.8 Å². The molecule has 3 nitrogen and oxygen atoms in total. The van der Waals surface area contributed by atoms with Crippen molar-refractivity contribution in [2.24, 2.45) is 11.3 Å². The van der Waals surface area contributed by atoms with Crippen LogP contribution in [0, 0.1) is 11.3 Å². The summed E-state index contributed by atoms with van der Waals surface area (Å²) in [5.74, 6) is 0.824. The second kappa shape index (κ2) is 6.67. The van der Waals surface area contributed by atoms with Gasteiger partial charge >= 0.3 is 0 Å². The number of rotatable bonds is 4. The zero-order chi connectivity index (χ0) is 15.6. The fourth-order valence-corrected chi connectivity index (χ4v) is 4.42. The monoisotopic (exact) mass is 301 g/mol. The summed E-state index contributed by atoms with van der Waals surface area (Å²) in [6.45, 7) is 10.8. The Bertz CT molecular complexity index is 463. The first-order valence-electron chi connectivity index (χ1n) is 8.89. The van der Waals surface area contributed by atoms with Crippen molar-refractivity contribution in [3.8, 4) is 0 Å². The van der Waals surface area contributed by atoms with Crippen LogP contribution in [0.1, 0.15) is 52.0 Å². The van der Waals surface area contributed by atoms with E-state index in [0.29, 0.717) is 5.41 Å². The van der Waals surface area contributed by atoms with Crippen molar-refractivity contribution in [3.63, 3.8) is 0 Å². The zero-order valence-corrected chi connectivity index (χ0v) is 14.4. The number of aromatic nitrogens is 1. The van der Waals surface area contributed by atoms with Crippen LogP contribution in [0.3, 0.4) is 0 Å². The molecule has 122 valence electrons. The molecule has 1 aromatic rings. The van der Waals surface area contributed by atoms with Crippen LogP contribution in [0.5, 0.6) is 0 Å². The quantitative estimate of drug-likeness (QED) is 0.923. The molecule has 0 bridgehead atoms. The number of nitrogens with one attached hydrogen (secondary N) is 1. The van der Waals surface area contributed by atoms with Gasteiger partial charge < -0.3 is 5.32 Å². The van der Waals surface area contributed by atoms with Crippen LogP contribution in [0.4, 0.5) is 0 Å². The fraction of sp³-hybridized carbons (Fsp3) is 0.737. The van der Waals surface area contributed by atoms with Crippen LogP contribution >= 0.6 is 0 Å². The summed E-state index contributed by atoms with van der Waals surface area (Å²) in [6, 6.07) is 5.71. The lowest BCUT2D eigenvalue weighted by atomic mass is 9.91. The van der Waals surface area contributed by atoms with Crippen LogP contribution in [0.15, 0.2) is 24.5 Å². The Labute approximate surface area is 135 Å². The van der Waals surface area contributed by atoms with Crippen molar-refractivity contribution in [2.75, 3.05) is 13.1 Å². The van der Waals surface area contributed by atoms with E-state index in [0.717, 1.165) is 24.5 Å². The first-order valence-corrected chi connectivity index (χ1v) is 8.89. The SMILES string of the molecule is CC1CC(C)(C)CC1NC1CCN(Cc2ccncc2)CC1. The molecular formula is C19H31N3. The Hall–Kier alpha value is -0.930. The van der Waals surface area contributed by atoms with Gasteiger partial charge in [-0.15, -0.1) is 0 Å². The molecule has 1 N–H and O–H groups in total. The van der Waals surface area contributed by atoms with E-state index in [2.05, 4.69) is 48.1 Å². The third-order valence-electron chi connectivity index (χ3n) is 5.53. The molecule has 3 rings (SSSR count). The summed E-state index contributed by atoms with van der Waals surface area (Å²) in [7, 11) is 0. The number of pyridine rings is 1. The molecule has 1 aliphatic carbocycles. The molecule has 2 fully saturated rings. The predicted molar refractivity (Wildman–Crippen MR) is 91.6 cm³/mol. The van der Waals surface area contributed by atoms with Crippen molar-refractivity contribution < 1.29 is 0 Å². The summed E-state index contributed by atoms with van der Waals surface area (Å²) in [5.41, 5.74) is 1.91. The Morgan fingerprint density at radius 2 is 1.86 bits per heavy atom. The molecule has 3 heteroatoms. The first-order chi connectivity index (χ1) is 10.5. The molecule has 1 aliphatic heterocycles. The smallest absolute Gasteiger partial charge is 0.0271 e. The van der Waals surface area contributed by atoms with Gasteiger partial charge in [0.25, 0.3) is 0 Å². The molecule has 2 heterocycles. The fourth-order valence-electron chi connectivity index (χ4n) is 4.42. The molecule has 0 spiro atoms. The minimum absolute atomic E-state index is 0.527. The van der Waals surface area contributed by atoms with E-state index >= 15 is 0 Å². The predicted octanol–water partition coefficient (Wildman–Crippen LogP) is 3.46. The highest BCUT2D eigenvalue weighted by Crippen LogP contribution is 2.41. The molecule has 1 aromatic heterocycles. The number of likely N-dealkylation sites (tertiary alicyclic amines) is 1. The largest absolute Gasteiger partial charge is 0.311 e. The highest BCUT2D eigenvalue weighted by molar-refractivity contribution is 5.09. The van der Waals surface area contributed by atoms with Crippen molar-refractivity contribution >= 4 is 0 Å². The van der Waals surface area contributed by atoms with Crippen molar-refractivity contribution in [1.29, 1.82) is 0 Å². The number of nitrogens with zero attached hydrogens (tertiary/aromatic N) is 2. The van der Waals surface area contributed by atoms with E-state index < -0.39 is 0 Å². The van der Waals surface area contributed by atoms with E-state index in [1.165, 1.54) is 44.3 Å². The molecule has 2 unspecified atom stereocenters. The van der Waals surface area contributed by atoms with E-state index in [4.69, 9.17) is 0 Å². The lowest BCUT2D eigenvalue weighted by molar-refractivity contribution is 0.179. The topological polar surface area (TPSA) is 28.2 Å². The summed E-state index contributed by atoms with van der Waals surface area (Å²) >= 11 is 0. The summed E-state index contributed by atoms with van der Waals surface area (Å²) in [6.07, 6.45) is 9.07. The molecule has 1 saturated heterocycles. The molecule has 1 saturated carbocycles. The maximum absolute atomic E-state index is 4.10. The van der Waals surface area contributed by atoms with Gasteiger partial charge in [-0.3, -0.25) is 9.88 Å². The van der Waals surface area contributed by atoms with Crippen LogP contribution in [0.25, 0.3) is 0 Å². The first kappa shape index (κ1) is 15.9. The van der Waals surface area contributed by atoms with Gasteiger partial charge in [0.1, 0.15) is 0 Å². The summed E-state index contributed by atoms with van der Waals surface area (Å²) < 4.78 is 0. The molecule has 0 radical (unpaired) electrons. The van der Waals surface area contributed by atoms with Gasteiger partial charge in [0, 0.05) is 31.0 Å². The molecule has 2 atom stereocenters.